The van der Waals surface area contributed by atoms with Crippen LogP contribution in [0.1, 0.15) is 5.69 Å². The minimum absolute atomic E-state index is 0.215. The predicted octanol–water partition coefficient (Wildman–Crippen LogP) is 1.30. The van der Waals surface area contributed by atoms with E-state index in [0.29, 0.717) is 0 Å². The van der Waals surface area contributed by atoms with E-state index in [1.54, 1.807) is 12.1 Å². The second-order valence-electron chi connectivity index (χ2n) is 5.83. The molecule has 6 heteroatoms. The molecule has 5 nitrogen and oxygen atoms in total. The van der Waals surface area contributed by atoms with E-state index in [1.807, 2.05) is 0 Å². The molecule has 1 aliphatic heterocycles. The quantitative estimate of drug-likeness (QED) is 0.895. The summed E-state index contributed by atoms with van der Waals surface area (Å²) in [4.78, 5) is 22.0. The second kappa shape index (κ2) is 6.46. The minimum atomic E-state index is -0.277. The maximum atomic E-state index is 13.0. The fourth-order valence-corrected chi connectivity index (χ4v) is 2.81. The van der Waals surface area contributed by atoms with Gasteiger partial charge in [-0.25, -0.2) is 9.18 Å². The molecule has 0 aliphatic carbocycles. The Hall–Kier alpha value is -1.92. The highest BCUT2D eigenvalue weighted by molar-refractivity contribution is 5.61. The van der Waals surface area contributed by atoms with E-state index >= 15 is 0 Å². The normalized spacial score (nSPS) is 17.0. The summed E-state index contributed by atoms with van der Waals surface area (Å²) < 4.78 is 13.0. The highest BCUT2D eigenvalue weighted by Gasteiger charge is 2.15. The first-order valence-corrected chi connectivity index (χ1v) is 7.60. The maximum absolute atomic E-state index is 13.0. The average Bonchev–Trinajstić information content (AvgIpc) is 2.88. The number of nitrogens with one attached hydrogen (secondary N) is 2. The molecule has 0 saturated carbocycles. The third kappa shape index (κ3) is 3.45. The molecule has 0 amide bonds. The minimum Gasteiger partial charge on any atom is -0.309 e. The first kappa shape index (κ1) is 15.0. The van der Waals surface area contributed by atoms with Crippen molar-refractivity contribution in [2.24, 2.45) is 0 Å². The fraction of sp³-hybridized carbons (Fsp3) is 0.438. The van der Waals surface area contributed by atoms with Gasteiger partial charge in [0.05, 0.1) is 5.69 Å². The maximum Gasteiger partial charge on any atom is 0.323 e. The summed E-state index contributed by atoms with van der Waals surface area (Å²) in [5.74, 6) is -0.277. The number of piperazine rings is 1. The predicted molar refractivity (Wildman–Crippen MR) is 84.4 cm³/mol. The zero-order chi connectivity index (χ0) is 15.5. The summed E-state index contributed by atoms with van der Waals surface area (Å²) in [5.41, 5.74) is 2.26. The van der Waals surface area contributed by atoms with Crippen molar-refractivity contribution < 1.29 is 4.39 Å². The summed E-state index contributed by atoms with van der Waals surface area (Å²) in [6, 6.07) is 6.19. The molecule has 1 fully saturated rings. The number of aromatic nitrogens is 2. The van der Waals surface area contributed by atoms with Gasteiger partial charge in [0.1, 0.15) is 5.82 Å². The Morgan fingerprint density at radius 1 is 1.09 bits per heavy atom. The van der Waals surface area contributed by atoms with Crippen molar-refractivity contribution in [3.8, 4) is 11.3 Å². The zero-order valence-corrected chi connectivity index (χ0v) is 12.7. The van der Waals surface area contributed by atoms with E-state index in [2.05, 4.69) is 26.8 Å². The molecule has 2 N–H and O–H groups in total. The highest BCUT2D eigenvalue weighted by atomic mass is 19.1. The van der Waals surface area contributed by atoms with Crippen LogP contribution >= 0.6 is 0 Å². The Morgan fingerprint density at radius 2 is 1.77 bits per heavy atom. The summed E-state index contributed by atoms with van der Waals surface area (Å²) in [5, 5.41) is 0. The Balaban J connectivity index is 1.71. The first-order valence-electron chi connectivity index (χ1n) is 7.60. The monoisotopic (exact) mass is 304 g/mol. The van der Waals surface area contributed by atoms with E-state index in [-0.39, 0.29) is 11.5 Å². The number of H-pyrrole nitrogens is 2. The SMILES string of the molecule is CN1CCN(CCc2[nH]c(=O)[nH]c2-c2ccc(F)cc2)CC1. The summed E-state index contributed by atoms with van der Waals surface area (Å²) in [6.07, 6.45) is 0.773. The van der Waals surface area contributed by atoms with E-state index in [9.17, 15) is 9.18 Å². The molecule has 0 bridgehead atoms. The molecule has 1 aromatic heterocycles. The van der Waals surface area contributed by atoms with Crippen LogP contribution in [0.2, 0.25) is 0 Å². The van der Waals surface area contributed by atoms with Gasteiger partial charge in [-0.05, 0) is 31.3 Å². The van der Waals surface area contributed by atoms with Crippen LogP contribution < -0.4 is 5.69 Å². The second-order valence-corrected chi connectivity index (χ2v) is 5.83. The number of imidazole rings is 1. The molecule has 22 heavy (non-hydrogen) atoms. The third-order valence-corrected chi connectivity index (χ3v) is 4.21. The van der Waals surface area contributed by atoms with Crippen LogP contribution in [0.3, 0.4) is 0 Å². The smallest absolute Gasteiger partial charge is 0.309 e. The van der Waals surface area contributed by atoms with Crippen LogP contribution in [-0.2, 0) is 6.42 Å². The van der Waals surface area contributed by atoms with E-state index in [0.717, 1.165) is 56.1 Å². The highest BCUT2D eigenvalue weighted by Crippen LogP contribution is 2.20. The van der Waals surface area contributed by atoms with Gasteiger partial charge in [0.25, 0.3) is 0 Å². The van der Waals surface area contributed by atoms with Crippen LogP contribution in [0, 0.1) is 5.82 Å². The van der Waals surface area contributed by atoms with E-state index < -0.39 is 0 Å². The standard InChI is InChI=1S/C16H21FN4O/c1-20-8-10-21(11-9-20)7-6-14-15(19-16(22)18-14)12-2-4-13(17)5-3-12/h2-5H,6-11H2,1H3,(H2,18,19,22). The van der Waals surface area contributed by atoms with Crippen LogP contribution in [0.15, 0.2) is 29.1 Å². The van der Waals surface area contributed by atoms with E-state index in [4.69, 9.17) is 0 Å². The Bertz CT molecular complexity index is 668. The van der Waals surface area contributed by atoms with Crippen molar-refractivity contribution >= 4 is 0 Å². The molecule has 118 valence electrons. The molecule has 0 radical (unpaired) electrons. The molecule has 0 spiro atoms. The van der Waals surface area contributed by atoms with Crippen LogP contribution in [-0.4, -0.2) is 59.5 Å². The summed E-state index contributed by atoms with van der Waals surface area (Å²) in [7, 11) is 2.13. The topological polar surface area (TPSA) is 55.1 Å². The summed E-state index contributed by atoms with van der Waals surface area (Å²) in [6.45, 7) is 5.17. The van der Waals surface area contributed by atoms with Gasteiger partial charge in [-0.15, -0.1) is 0 Å². The number of rotatable bonds is 4. The van der Waals surface area contributed by atoms with Crippen molar-refractivity contribution in [2.45, 2.75) is 6.42 Å². The van der Waals surface area contributed by atoms with Crippen molar-refractivity contribution in [2.75, 3.05) is 39.8 Å². The molecule has 3 rings (SSSR count). The molecule has 1 saturated heterocycles. The van der Waals surface area contributed by atoms with E-state index in [1.165, 1.54) is 12.1 Å². The lowest BCUT2D eigenvalue weighted by atomic mass is 10.1. The molecule has 1 aromatic carbocycles. The lowest BCUT2D eigenvalue weighted by molar-refractivity contribution is 0.155. The van der Waals surface area contributed by atoms with Gasteiger partial charge in [-0.3, -0.25) is 0 Å². The molecule has 2 aromatic rings. The van der Waals surface area contributed by atoms with Gasteiger partial charge in [-0.2, -0.15) is 0 Å². The Kier molecular flexibility index (Phi) is 4.40. The van der Waals surface area contributed by atoms with Crippen molar-refractivity contribution in [1.82, 2.24) is 19.8 Å². The van der Waals surface area contributed by atoms with Gasteiger partial charge in [-0.1, -0.05) is 0 Å². The number of hydrogen-bond donors (Lipinski definition) is 2. The van der Waals surface area contributed by atoms with Gasteiger partial charge >= 0.3 is 5.69 Å². The van der Waals surface area contributed by atoms with Crippen molar-refractivity contribution in [3.05, 3.63) is 46.3 Å². The van der Waals surface area contributed by atoms with Gasteiger partial charge < -0.3 is 19.8 Å². The van der Waals surface area contributed by atoms with Crippen LogP contribution in [0.5, 0.6) is 0 Å². The number of benzene rings is 1. The largest absolute Gasteiger partial charge is 0.323 e. The molecule has 0 unspecified atom stereocenters. The lowest BCUT2D eigenvalue weighted by Crippen LogP contribution is -2.45. The van der Waals surface area contributed by atoms with Gasteiger partial charge in [0.2, 0.25) is 0 Å². The third-order valence-electron chi connectivity index (χ3n) is 4.21. The van der Waals surface area contributed by atoms with Crippen molar-refractivity contribution in [1.29, 1.82) is 0 Å². The number of aromatic amines is 2. The van der Waals surface area contributed by atoms with Crippen molar-refractivity contribution in [3.63, 3.8) is 0 Å². The number of nitrogens with zero attached hydrogens (tertiary/aromatic N) is 2. The molecule has 1 aliphatic rings. The average molecular weight is 304 g/mol. The lowest BCUT2D eigenvalue weighted by Gasteiger charge is -2.32. The molecular weight excluding hydrogens is 283 g/mol. The molecule has 0 atom stereocenters. The van der Waals surface area contributed by atoms with Gasteiger partial charge in [0.15, 0.2) is 0 Å². The first-order chi connectivity index (χ1) is 10.6. The van der Waals surface area contributed by atoms with Gasteiger partial charge in [0, 0.05) is 50.4 Å². The number of halogens is 1. The molecular formula is C16H21FN4O. The molecule has 2 heterocycles. The number of likely N-dealkylation sites (N-methyl/N-ethyl adjacent to an activating group) is 1. The zero-order valence-electron chi connectivity index (χ0n) is 12.7. The summed E-state index contributed by atoms with van der Waals surface area (Å²) >= 11 is 0. The Morgan fingerprint density at radius 3 is 2.45 bits per heavy atom. The fourth-order valence-electron chi connectivity index (χ4n) is 2.81. The Labute approximate surface area is 128 Å². The number of hydrogen-bond acceptors (Lipinski definition) is 3. The van der Waals surface area contributed by atoms with Crippen LogP contribution in [0.4, 0.5) is 4.39 Å². The van der Waals surface area contributed by atoms with Crippen LogP contribution in [0.25, 0.3) is 11.3 Å².